The summed E-state index contributed by atoms with van der Waals surface area (Å²) in [6.07, 6.45) is 3.44. The van der Waals surface area contributed by atoms with Gasteiger partial charge >= 0.3 is 0 Å². The molecule has 0 saturated heterocycles. The van der Waals surface area contributed by atoms with Crippen LogP contribution in [0.1, 0.15) is 26.3 Å². The van der Waals surface area contributed by atoms with E-state index in [0.29, 0.717) is 5.11 Å². The molecule has 22 heavy (non-hydrogen) atoms. The standard InChI is InChI=1S/C17H21N3OS/c1-17(2,3)12-7-8-15(21-4)14(10-12)20-16(22)19-13-6-5-9-18-11-13/h5-11H,1-4H3,(H2,19,20,22). The van der Waals surface area contributed by atoms with Crippen molar-refractivity contribution in [3.63, 3.8) is 0 Å². The predicted octanol–water partition coefficient (Wildman–Crippen LogP) is 4.20. The number of anilines is 2. The molecule has 116 valence electrons. The molecule has 0 radical (unpaired) electrons. The Balaban J connectivity index is 2.18. The lowest BCUT2D eigenvalue weighted by Gasteiger charge is -2.21. The highest BCUT2D eigenvalue weighted by molar-refractivity contribution is 7.80. The van der Waals surface area contributed by atoms with Crippen molar-refractivity contribution in [2.24, 2.45) is 0 Å². The molecule has 0 amide bonds. The van der Waals surface area contributed by atoms with E-state index in [4.69, 9.17) is 17.0 Å². The number of hydrogen-bond donors (Lipinski definition) is 2. The fourth-order valence-electron chi connectivity index (χ4n) is 1.99. The van der Waals surface area contributed by atoms with Crippen molar-refractivity contribution in [2.75, 3.05) is 17.7 Å². The topological polar surface area (TPSA) is 46.2 Å². The summed E-state index contributed by atoms with van der Waals surface area (Å²) in [6, 6.07) is 9.85. The van der Waals surface area contributed by atoms with Crippen LogP contribution in [0.5, 0.6) is 5.75 Å². The lowest BCUT2D eigenvalue weighted by Crippen LogP contribution is -2.20. The Kier molecular flexibility index (Phi) is 4.98. The van der Waals surface area contributed by atoms with Gasteiger partial charge < -0.3 is 15.4 Å². The largest absolute Gasteiger partial charge is 0.495 e. The quantitative estimate of drug-likeness (QED) is 0.831. The fourth-order valence-corrected chi connectivity index (χ4v) is 2.22. The molecule has 0 spiro atoms. The minimum absolute atomic E-state index is 0.0566. The van der Waals surface area contributed by atoms with Crippen LogP contribution in [0.4, 0.5) is 11.4 Å². The van der Waals surface area contributed by atoms with Gasteiger partial charge in [0.15, 0.2) is 5.11 Å². The van der Waals surface area contributed by atoms with E-state index in [1.54, 1.807) is 19.5 Å². The van der Waals surface area contributed by atoms with E-state index in [-0.39, 0.29) is 5.41 Å². The number of hydrogen-bond acceptors (Lipinski definition) is 3. The second kappa shape index (κ2) is 6.75. The molecule has 2 N–H and O–H groups in total. The number of aromatic nitrogens is 1. The SMILES string of the molecule is COc1ccc(C(C)(C)C)cc1NC(=S)Nc1cccnc1. The maximum absolute atomic E-state index is 5.40. The van der Waals surface area contributed by atoms with Crippen molar-refractivity contribution in [2.45, 2.75) is 26.2 Å². The smallest absolute Gasteiger partial charge is 0.175 e. The number of ether oxygens (including phenoxy) is 1. The first-order chi connectivity index (χ1) is 10.4. The number of thiocarbonyl (C=S) groups is 1. The van der Waals surface area contributed by atoms with Crippen LogP contribution < -0.4 is 15.4 Å². The van der Waals surface area contributed by atoms with E-state index >= 15 is 0 Å². The lowest BCUT2D eigenvalue weighted by atomic mass is 9.87. The first kappa shape index (κ1) is 16.2. The molecular weight excluding hydrogens is 294 g/mol. The Labute approximate surface area is 136 Å². The second-order valence-corrected chi connectivity index (χ2v) is 6.39. The summed E-state index contributed by atoms with van der Waals surface area (Å²) in [5.41, 5.74) is 2.95. The molecule has 0 saturated carbocycles. The number of methoxy groups -OCH3 is 1. The molecule has 2 rings (SSSR count). The van der Waals surface area contributed by atoms with Gasteiger partial charge in [-0.05, 0) is 47.5 Å². The first-order valence-electron chi connectivity index (χ1n) is 7.06. The monoisotopic (exact) mass is 315 g/mol. The summed E-state index contributed by atoms with van der Waals surface area (Å²) < 4.78 is 5.40. The molecule has 0 unspecified atom stereocenters. The molecule has 2 aromatic rings. The van der Waals surface area contributed by atoms with Crippen molar-refractivity contribution >= 4 is 28.7 Å². The van der Waals surface area contributed by atoms with Crippen LogP contribution in [0, 0.1) is 0 Å². The third-order valence-electron chi connectivity index (χ3n) is 3.23. The molecular formula is C17H21N3OS. The van der Waals surface area contributed by atoms with Crippen LogP contribution in [-0.4, -0.2) is 17.2 Å². The zero-order chi connectivity index (χ0) is 16.2. The number of rotatable bonds is 3. The Hall–Kier alpha value is -2.14. The number of pyridine rings is 1. The number of nitrogens with one attached hydrogen (secondary N) is 2. The van der Waals surface area contributed by atoms with Crippen molar-refractivity contribution in [3.8, 4) is 5.75 Å². The molecule has 0 aliphatic rings. The summed E-state index contributed by atoms with van der Waals surface area (Å²) in [6.45, 7) is 6.51. The maximum atomic E-state index is 5.40. The Morgan fingerprint density at radius 1 is 1.18 bits per heavy atom. The summed E-state index contributed by atoms with van der Waals surface area (Å²) in [7, 11) is 1.65. The average molecular weight is 315 g/mol. The fraction of sp³-hybridized carbons (Fsp3) is 0.294. The van der Waals surface area contributed by atoms with Crippen LogP contribution in [0.2, 0.25) is 0 Å². The summed E-state index contributed by atoms with van der Waals surface area (Å²) in [5, 5.41) is 6.79. The van der Waals surface area contributed by atoms with Gasteiger partial charge in [-0.25, -0.2) is 0 Å². The van der Waals surface area contributed by atoms with Gasteiger partial charge in [-0.1, -0.05) is 26.8 Å². The zero-order valence-electron chi connectivity index (χ0n) is 13.3. The van der Waals surface area contributed by atoms with Crippen LogP contribution in [-0.2, 0) is 5.41 Å². The van der Waals surface area contributed by atoms with E-state index in [1.165, 1.54) is 5.56 Å². The molecule has 0 aliphatic heterocycles. The molecule has 1 aromatic carbocycles. The highest BCUT2D eigenvalue weighted by Crippen LogP contribution is 2.31. The van der Waals surface area contributed by atoms with Gasteiger partial charge in [0.25, 0.3) is 0 Å². The second-order valence-electron chi connectivity index (χ2n) is 5.99. The Morgan fingerprint density at radius 3 is 2.55 bits per heavy atom. The third-order valence-corrected chi connectivity index (χ3v) is 3.44. The van der Waals surface area contributed by atoms with Gasteiger partial charge in [0.2, 0.25) is 0 Å². The van der Waals surface area contributed by atoms with E-state index in [2.05, 4.69) is 48.5 Å². The Morgan fingerprint density at radius 2 is 1.95 bits per heavy atom. The molecule has 4 nitrogen and oxygen atoms in total. The van der Waals surface area contributed by atoms with Gasteiger partial charge in [-0.2, -0.15) is 0 Å². The molecule has 1 aromatic heterocycles. The van der Waals surface area contributed by atoms with E-state index in [0.717, 1.165) is 17.1 Å². The van der Waals surface area contributed by atoms with Gasteiger partial charge in [0.05, 0.1) is 24.7 Å². The van der Waals surface area contributed by atoms with Crippen molar-refractivity contribution < 1.29 is 4.74 Å². The van der Waals surface area contributed by atoms with Crippen LogP contribution in [0.25, 0.3) is 0 Å². The van der Waals surface area contributed by atoms with Crippen LogP contribution in [0.3, 0.4) is 0 Å². The minimum Gasteiger partial charge on any atom is -0.495 e. The average Bonchev–Trinajstić information content (AvgIpc) is 2.47. The summed E-state index contributed by atoms with van der Waals surface area (Å²) in [4.78, 5) is 4.05. The normalized spacial score (nSPS) is 10.9. The van der Waals surface area contributed by atoms with E-state index < -0.39 is 0 Å². The molecule has 0 fully saturated rings. The van der Waals surface area contributed by atoms with Crippen LogP contribution in [0.15, 0.2) is 42.7 Å². The van der Waals surface area contributed by atoms with Crippen molar-refractivity contribution in [1.29, 1.82) is 0 Å². The van der Waals surface area contributed by atoms with Crippen LogP contribution >= 0.6 is 12.2 Å². The first-order valence-corrected chi connectivity index (χ1v) is 7.47. The van der Waals surface area contributed by atoms with Gasteiger partial charge in [0.1, 0.15) is 5.75 Å². The van der Waals surface area contributed by atoms with Crippen molar-refractivity contribution in [3.05, 3.63) is 48.3 Å². The van der Waals surface area contributed by atoms with Gasteiger partial charge in [-0.3, -0.25) is 4.98 Å². The number of benzene rings is 1. The van der Waals surface area contributed by atoms with Crippen molar-refractivity contribution in [1.82, 2.24) is 4.98 Å². The molecule has 0 bridgehead atoms. The highest BCUT2D eigenvalue weighted by Gasteiger charge is 2.16. The molecule has 5 heteroatoms. The minimum atomic E-state index is 0.0566. The predicted molar refractivity (Wildman–Crippen MR) is 95.8 cm³/mol. The van der Waals surface area contributed by atoms with Gasteiger partial charge in [0, 0.05) is 6.20 Å². The lowest BCUT2D eigenvalue weighted by molar-refractivity contribution is 0.416. The highest BCUT2D eigenvalue weighted by atomic mass is 32.1. The molecule has 0 aliphatic carbocycles. The molecule has 0 atom stereocenters. The summed E-state index contributed by atoms with van der Waals surface area (Å²) in [5.74, 6) is 0.753. The summed E-state index contributed by atoms with van der Waals surface area (Å²) >= 11 is 5.36. The zero-order valence-corrected chi connectivity index (χ0v) is 14.1. The van der Waals surface area contributed by atoms with E-state index in [1.807, 2.05) is 18.2 Å². The maximum Gasteiger partial charge on any atom is 0.175 e. The third kappa shape index (κ3) is 4.18. The Bertz CT molecular complexity index is 651. The number of nitrogens with zero attached hydrogens (tertiary/aromatic N) is 1. The van der Waals surface area contributed by atoms with E-state index in [9.17, 15) is 0 Å². The van der Waals surface area contributed by atoms with Gasteiger partial charge in [-0.15, -0.1) is 0 Å². The molecule has 1 heterocycles.